The molecule has 0 amide bonds. The Hall–Kier alpha value is -0.0800. The molecule has 0 aromatic rings. The van der Waals surface area contributed by atoms with Crippen molar-refractivity contribution in [2.75, 3.05) is 26.3 Å². The average molecular weight is 169 g/mol. The Balaban J connectivity index is 1.89. The van der Waals surface area contributed by atoms with Crippen LogP contribution in [0.2, 0.25) is 0 Å². The third-order valence-electron chi connectivity index (χ3n) is 3.50. The molecule has 70 valence electrons. The van der Waals surface area contributed by atoms with Crippen LogP contribution < -0.4 is 0 Å². The quantitative estimate of drug-likeness (QED) is 0.621. The molecule has 12 heavy (non-hydrogen) atoms. The lowest BCUT2D eigenvalue weighted by atomic mass is 9.85. The lowest BCUT2D eigenvalue weighted by molar-refractivity contribution is -0.106. The monoisotopic (exact) mass is 169 g/mol. The molecule has 0 aromatic heterocycles. The summed E-state index contributed by atoms with van der Waals surface area (Å²) >= 11 is 0. The molecule has 1 spiro atoms. The van der Waals surface area contributed by atoms with Crippen molar-refractivity contribution in [3.8, 4) is 0 Å². The Kier molecular flexibility index (Phi) is 2.13. The Morgan fingerprint density at radius 3 is 2.67 bits per heavy atom. The Bertz CT molecular complexity index is 165. The number of ether oxygens (including phenoxy) is 1. The summed E-state index contributed by atoms with van der Waals surface area (Å²) in [6.07, 6.45) is 2.63. The van der Waals surface area contributed by atoms with Crippen LogP contribution in [0.4, 0.5) is 0 Å². The molecule has 0 N–H and O–H groups in total. The molecule has 2 nitrogen and oxygen atoms in total. The van der Waals surface area contributed by atoms with E-state index in [4.69, 9.17) is 4.74 Å². The molecule has 0 radical (unpaired) electrons. The maximum absolute atomic E-state index is 5.30. The van der Waals surface area contributed by atoms with E-state index in [0.29, 0.717) is 5.41 Å². The van der Waals surface area contributed by atoms with Gasteiger partial charge in [-0.2, -0.15) is 0 Å². The minimum Gasteiger partial charge on any atom is -0.380 e. The lowest BCUT2D eigenvalue weighted by Crippen LogP contribution is -2.45. The molecule has 2 aliphatic heterocycles. The first-order chi connectivity index (χ1) is 5.76. The highest BCUT2D eigenvalue weighted by molar-refractivity contribution is 4.95. The van der Waals surface area contributed by atoms with E-state index in [9.17, 15) is 0 Å². The standard InChI is InChI=1S/C10H19NO/c1-3-9(2)11-5-4-10(6-11)7-12-8-10/h9H,3-8H2,1-2H3. The van der Waals surface area contributed by atoms with Crippen molar-refractivity contribution in [3.63, 3.8) is 0 Å². The van der Waals surface area contributed by atoms with Crippen LogP contribution in [0.15, 0.2) is 0 Å². The van der Waals surface area contributed by atoms with Gasteiger partial charge in [-0.05, 0) is 26.3 Å². The van der Waals surface area contributed by atoms with E-state index in [1.165, 1.54) is 25.9 Å². The number of likely N-dealkylation sites (tertiary alicyclic amines) is 1. The van der Waals surface area contributed by atoms with Gasteiger partial charge in [0.25, 0.3) is 0 Å². The number of hydrogen-bond acceptors (Lipinski definition) is 2. The van der Waals surface area contributed by atoms with E-state index in [1.807, 2.05) is 0 Å². The number of nitrogens with zero attached hydrogens (tertiary/aromatic N) is 1. The minimum atomic E-state index is 0.573. The van der Waals surface area contributed by atoms with Crippen LogP contribution in [0.25, 0.3) is 0 Å². The van der Waals surface area contributed by atoms with Crippen LogP contribution >= 0.6 is 0 Å². The molecule has 2 rings (SSSR count). The van der Waals surface area contributed by atoms with Crippen molar-refractivity contribution >= 4 is 0 Å². The van der Waals surface area contributed by atoms with Gasteiger partial charge < -0.3 is 4.74 Å². The highest BCUT2D eigenvalue weighted by Crippen LogP contribution is 2.38. The van der Waals surface area contributed by atoms with Crippen LogP contribution in [0.1, 0.15) is 26.7 Å². The zero-order valence-electron chi connectivity index (χ0n) is 8.18. The molecular formula is C10H19NO. The molecular weight excluding hydrogens is 150 g/mol. The van der Waals surface area contributed by atoms with E-state index in [2.05, 4.69) is 18.7 Å². The minimum absolute atomic E-state index is 0.573. The van der Waals surface area contributed by atoms with Crippen LogP contribution in [0, 0.1) is 5.41 Å². The second kappa shape index (κ2) is 3.00. The summed E-state index contributed by atoms with van der Waals surface area (Å²) in [7, 11) is 0. The molecule has 0 bridgehead atoms. The fourth-order valence-corrected chi connectivity index (χ4v) is 2.23. The molecule has 2 heteroatoms. The van der Waals surface area contributed by atoms with Crippen LogP contribution in [0.3, 0.4) is 0 Å². The van der Waals surface area contributed by atoms with Gasteiger partial charge in [-0.15, -0.1) is 0 Å². The summed E-state index contributed by atoms with van der Waals surface area (Å²) in [6.45, 7) is 9.20. The molecule has 0 saturated carbocycles. The summed E-state index contributed by atoms with van der Waals surface area (Å²) < 4.78 is 5.30. The van der Waals surface area contributed by atoms with E-state index in [-0.39, 0.29) is 0 Å². The van der Waals surface area contributed by atoms with E-state index in [0.717, 1.165) is 19.3 Å². The first-order valence-corrected chi connectivity index (χ1v) is 5.07. The van der Waals surface area contributed by atoms with Gasteiger partial charge in [-0.1, -0.05) is 6.92 Å². The van der Waals surface area contributed by atoms with E-state index in [1.54, 1.807) is 0 Å². The van der Waals surface area contributed by atoms with Gasteiger partial charge in [0.2, 0.25) is 0 Å². The van der Waals surface area contributed by atoms with Crippen LogP contribution in [-0.2, 0) is 4.74 Å². The second-order valence-corrected chi connectivity index (χ2v) is 4.47. The summed E-state index contributed by atoms with van der Waals surface area (Å²) in [5.41, 5.74) is 0.573. The lowest BCUT2D eigenvalue weighted by Gasteiger charge is -2.38. The normalized spacial score (nSPS) is 30.5. The molecule has 2 heterocycles. The van der Waals surface area contributed by atoms with Gasteiger partial charge in [0.1, 0.15) is 0 Å². The van der Waals surface area contributed by atoms with Gasteiger partial charge >= 0.3 is 0 Å². The predicted molar refractivity (Wildman–Crippen MR) is 49.2 cm³/mol. The van der Waals surface area contributed by atoms with Crippen molar-refractivity contribution in [2.24, 2.45) is 5.41 Å². The van der Waals surface area contributed by atoms with Gasteiger partial charge in [-0.3, -0.25) is 4.90 Å². The fourth-order valence-electron chi connectivity index (χ4n) is 2.23. The topological polar surface area (TPSA) is 12.5 Å². The average Bonchev–Trinajstić information content (AvgIpc) is 2.46. The highest BCUT2D eigenvalue weighted by Gasteiger charge is 2.44. The molecule has 1 atom stereocenters. The van der Waals surface area contributed by atoms with Crippen LogP contribution in [-0.4, -0.2) is 37.2 Å². The third-order valence-corrected chi connectivity index (χ3v) is 3.50. The molecule has 1 unspecified atom stereocenters. The van der Waals surface area contributed by atoms with Crippen molar-refractivity contribution < 1.29 is 4.74 Å². The first kappa shape index (κ1) is 8.52. The first-order valence-electron chi connectivity index (χ1n) is 5.07. The molecule has 0 aliphatic carbocycles. The van der Waals surface area contributed by atoms with Crippen molar-refractivity contribution in [2.45, 2.75) is 32.7 Å². The maximum Gasteiger partial charge on any atom is 0.0557 e. The molecule has 2 fully saturated rings. The number of rotatable bonds is 2. The molecule has 0 aromatic carbocycles. The SMILES string of the molecule is CCC(C)N1CCC2(COC2)C1. The van der Waals surface area contributed by atoms with E-state index >= 15 is 0 Å². The van der Waals surface area contributed by atoms with Crippen LogP contribution in [0.5, 0.6) is 0 Å². The second-order valence-electron chi connectivity index (χ2n) is 4.47. The zero-order valence-corrected chi connectivity index (χ0v) is 8.18. The summed E-state index contributed by atoms with van der Waals surface area (Å²) in [6, 6.07) is 0.768. The van der Waals surface area contributed by atoms with Gasteiger partial charge in [0.15, 0.2) is 0 Å². The van der Waals surface area contributed by atoms with Gasteiger partial charge in [-0.25, -0.2) is 0 Å². The maximum atomic E-state index is 5.30. The smallest absolute Gasteiger partial charge is 0.0557 e. The van der Waals surface area contributed by atoms with E-state index < -0.39 is 0 Å². The summed E-state index contributed by atoms with van der Waals surface area (Å²) in [5, 5.41) is 0. The number of hydrogen-bond donors (Lipinski definition) is 0. The molecule has 2 saturated heterocycles. The largest absolute Gasteiger partial charge is 0.380 e. The summed E-state index contributed by atoms with van der Waals surface area (Å²) in [5.74, 6) is 0. The van der Waals surface area contributed by atoms with Crippen molar-refractivity contribution in [3.05, 3.63) is 0 Å². The Morgan fingerprint density at radius 2 is 2.25 bits per heavy atom. The summed E-state index contributed by atoms with van der Waals surface area (Å²) in [4.78, 5) is 2.61. The fraction of sp³-hybridized carbons (Fsp3) is 1.00. The van der Waals surface area contributed by atoms with Crippen molar-refractivity contribution in [1.29, 1.82) is 0 Å². The third kappa shape index (κ3) is 1.27. The predicted octanol–water partition coefficient (Wildman–Crippen LogP) is 1.51. The van der Waals surface area contributed by atoms with Crippen molar-refractivity contribution in [1.82, 2.24) is 4.90 Å². The molecule has 2 aliphatic rings. The Morgan fingerprint density at radius 1 is 1.50 bits per heavy atom. The highest BCUT2D eigenvalue weighted by atomic mass is 16.5. The van der Waals surface area contributed by atoms with Gasteiger partial charge in [0, 0.05) is 18.0 Å². The zero-order chi connectivity index (χ0) is 8.60. The van der Waals surface area contributed by atoms with Gasteiger partial charge in [0.05, 0.1) is 13.2 Å². The Labute approximate surface area is 74.9 Å².